The zero-order valence-electron chi connectivity index (χ0n) is 10.4. The molecule has 1 aromatic rings. The van der Waals surface area contributed by atoms with Crippen LogP contribution in [0.5, 0.6) is 11.5 Å². The van der Waals surface area contributed by atoms with Gasteiger partial charge < -0.3 is 14.6 Å². The number of rotatable bonds is 1. The van der Waals surface area contributed by atoms with Gasteiger partial charge in [0.1, 0.15) is 17.1 Å². The highest BCUT2D eigenvalue weighted by molar-refractivity contribution is 5.94. The lowest BCUT2D eigenvalue weighted by Crippen LogP contribution is -2.38. The number of hydrogen-bond acceptors (Lipinski definition) is 4. The van der Waals surface area contributed by atoms with E-state index in [1.165, 1.54) is 6.07 Å². The van der Waals surface area contributed by atoms with Gasteiger partial charge in [0, 0.05) is 19.9 Å². The third-order valence-electron chi connectivity index (χ3n) is 2.67. The lowest BCUT2D eigenvalue weighted by molar-refractivity contribution is -0.127. The summed E-state index contributed by atoms with van der Waals surface area (Å²) < 4.78 is 10.6. The van der Waals surface area contributed by atoms with E-state index < -0.39 is 11.8 Å². The number of fused-ring (bicyclic) bond motifs is 1. The summed E-state index contributed by atoms with van der Waals surface area (Å²) in [5.41, 5.74) is 1.08. The van der Waals surface area contributed by atoms with Gasteiger partial charge in [0.15, 0.2) is 0 Å². The second-order valence-electron chi connectivity index (χ2n) is 4.95. The van der Waals surface area contributed by atoms with Crippen molar-refractivity contribution < 1.29 is 19.4 Å². The molecule has 0 bridgehead atoms. The standard InChI is InChI=1S/C13H16O4/c1-7(2)8-5-9-11(6-10(8)14)16-13(3,4)17-12(9)15/h5-7,14H,1-4H3. The number of ether oxygens (including phenoxy) is 2. The van der Waals surface area contributed by atoms with Crippen LogP contribution in [0.25, 0.3) is 0 Å². The summed E-state index contributed by atoms with van der Waals surface area (Å²) in [7, 11) is 0. The number of benzene rings is 1. The fourth-order valence-corrected chi connectivity index (χ4v) is 1.86. The van der Waals surface area contributed by atoms with Crippen LogP contribution in [0.1, 0.15) is 49.5 Å². The molecule has 1 aliphatic rings. The van der Waals surface area contributed by atoms with Crippen LogP contribution in [0.4, 0.5) is 0 Å². The molecule has 0 fully saturated rings. The van der Waals surface area contributed by atoms with E-state index in [0.717, 1.165) is 0 Å². The molecule has 2 rings (SSSR count). The second kappa shape index (κ2) is 3.65. The average molecular weight is 236 g/mol. The van der Waals surface area contributed by atoms with Crippen molar-refractivity contribution in [3.8, 4) is 11.5 Å². The van der Waals surface area contributed by atoms with E-state index in [-0.39, 0.29) is 11.7 Å². The lowest BCUT2D eigenvalue weighted by Gasteiger charge is -2.32. The van der Waals surface area contributed by atoms with E-state index >= 15 is 0 Å². The highest BCUT2D eigenvalue weighted by atomic mass is 16.7. The summed E-state index contributed by atoms with van der Waals surface area (Å²) >= 11 is 0. The summed E-state index contributed by atoms with van der Waals surface area (Å²) in [5.74, 6) is -0.769. The van der Waals surface area contributed by atoms with E-state index in [1.807, 2.05) is 13.8 Å². The van der Waals surface area contributed by atoms with Crippen LogP contribution >= 0.6 is 0 Å². The number of cyclic esters (lactones) is 1. The monoisotopic (exact) mass is 236 g/mol. The van der Waals surface area contributed by atoms with Crippen molar-refractivity contribution >= 4 is 5.97 Å². The number of aromatic hydroxyl groups is 1. The van der Waals surface area contributed by atoms with Crippen molar-refractivity contribution in [2.75, 3.05) is 0 Å². The number of hydrogen-bond donors (Lipinski definition) is 1. The molecule has 0 saturated carbocycles. The fraction of sp³-hybridized carbons (Fsp3) is 0.462. The summed E-state index contributed by atoms with van der Waals surface area (Å²) in [6, 6.07) is 3.11. The highest BCUT2D eigenvalue weighted by Gasteiger charge is 2.34. The topological polar surface area (TPSA) is 55.8 Å². The van der Waals surface area contributed by atoms with E-state index in [9.17, 15) is 9.90 Å². The van der Waals surface area contributed by atoms with Gasteiger partial charge in [0.2, 0.25) is 5.79 Å². The Morgan fingerprint density at radius 3 is 2.47 bits per heavy atom. The van der Waals surface area contributed by atoms with Crippen LogP contribution in [-0.2, 0) is 4.74 Å². The molecule has 92 valence electrons. The van der Waals surface area contributed by atoms with Gasteiger partial charge in [-0.3, -0.25) is 0 Å². The van der Waals surface area contributed by atoms with Gasteiger partial charge in [-0.1, -0.05) is 13.8 Å². The van der Waals surface area contributed by atoms with Crippen molar-refractivity contribution in [3.05, 3.63) is 23.3 Å². The normalized spacial score (nSPS) is 17.4. The SMILES string of the molecule is CC(C)c1cc2c(cc1O)OC(C)(C)OC2=O. The molecular weight excluding hydrogens is 220 g/mol. The Balaban J connectivity index is 2.54. The quantitative estimate of drug-likeness (QED) is 0.762. The Morgan fingerprint density at radius 1 is 1.24 bits per heavy atom. The zero-order valence-corrected chi connectivity index (χ0v) is 10.4. The first-order chi connectivity index (χ1) is 7.80. The Hall–Kier alpha value is -1.71. The van der Waals surface area contributed by atoms with Gasteiger partial charge in [-0.25, -0.2) is 4.79 Å². The number of esters is 1. The van der Waals surface area contributed by atoms with Gasteiger partial charge in [-0.2, -0.15) is 0 Å². The predicted molar refractivity (Wildman–Crippen MR) is 62.3 cm³/mol. The van der Waals surface area contributed by atoms with E-state index in [1.54, 1.807) is 19.9 Å². The van der Waals surface area contributed by atoms with Crippen LogP contribution in [-0.4, -0.2) is 16.9 Å². The van der Waals surface area contributed by atoms with Crippen LogP contribution in [0.3, 0.4) is 0 Å². The van der Waals surface area contributed by atoms with Gasteiger partial charge >= 0.3 is 5.97 Å². The molecule has 0 atom stereocenters. The first-order valence-electron chi connectivity index (χ1n) is 5.59. The van der Waals surface area contributed by atoms with Crippen molar-refractivity contribution in [2.45, 2.75) is 39.4 Å². The maximum atomic E-state index is 11.8. The van der Waals surface area contributed by atoms with Crippen molar-refractivity contribution in [1.82, 2.24) is 0 Å². The number of carbonyl (C=O) groups excluding carboxylic acids is 1. The minimum atomic E-state index is -0.990. The number of phenolic OH excluding ortho intramolecular Hbond substituents is 1. The number of phenols is 1. The Bertz CT molecular complexity index is 475. The molecule has 1 aromatic carbocycles. The first kappa shape index (κ1) is 11.8. The minimum Gasteiger partial charge on any atom is -0.508 e. The third kappa shape index (κ3) is 2.07. The average Bonchev–Trinajstić information content (AvgIpc) is 2.13. The van der Waals surface area contributed by atoms with Crippen LogP contribution in [0.2, 0.25) is 0 Å². The Morgan fingerprint density at radius 2 is 1.88 bits per heavy atom. The zero-order chi connectivity index (χ0) is 12.8. The smallest absolute Gasteiger partial charge is 0.345 e. The molecule has 0 aliphatic carbocycles. The maximum Gasteiger partial charge on any atom is 0.345 e. The molecule has 1 aliphatic heterocycles. The third-order valence-corrected chi connectivity index (χ3v) is 2.67. The van der Waals surface area contributed by atoms with Gasteiger partial charge in [-0.05, 0) is 17.5 Å². The van der Waals surface area contributed by atoms with Crippen molar-refractivity contribution in [2.24, 2.45) is 0 Å². The van der Waals surface area contributed by atoms with E-state index in [4.69, 9.17) is 9.47 Å². The molecule has 4 heteroatoms. The Labute approximate surface area is 100 Å². The summed E-state index contributed by atoms with van der Waals surface area (Å²) in [5, 5.41) is 9.86. The fourth-order valence-electron chi connectivity index (χ4n) is 1.86. The molecule has 0 unspecified atom stereocenters. The second-order valence-corrected chi connectivity index (χ2v) is 4.95. The maximum absolute atomic E-state index is 11.8. The van der Waals surface area contributed by atoms with Gasteiger partial charge in [0.25, 0.3) is 0 Å². The molecule has 17 heavy (non-hydrogen) atoms. The lowest BCUT2D eigenvalue weighted by atomic mass is 9.98. The van der Waals surface area contributed by atoms with Crippen LogP contribution in [0.15, 0.2) is 12.1 Å². The Kier molecular flexibility index (Phi) is 2.53. The summed E-state index contributed by atoms with van der Waals surface area (Å²) in [4.78, 5) is 11.8. The van der Waals surface area contributed by atoms with Crippen molar-refractivity contribution in [3.63, 3.8) is 0 Å². The molecule has 0 aromatic heterocycles. The predicted octanol–water partition coefficient (Wildman–Crippen LogP) is 2.80. The molecule has 1 heterocycles. The van der Waals surface area contributed by atoms with Crippen molar-refractivity contribution in [1.29, 1.82) is 0 Å². The highest BCUT2D eigenvalue weighted by Crippen LogP contribution is 2.38. The molecule has 0 spiro atoms. The van der Waals surface area contributed by atoms with E-state index in [2.05, 4.69) is 0 Å². The molecule has 1 N–H and O–H groups in total. The van der Waals surface area contributed by atoms with Crippen LogP contribution < -0.4 is 4.74 Å². The first-order valence-corrected chi connectivity index (χ1v) is 5.59. The summed E-state index contributed by atoms with van der Waals surface area (Å²) in [6.07, 6.45) is 0. The summed E-state index contributed by atoms with van der Waals surface area (Å²) in [6.45, 7) is 7.20. The van der Waals surface area contributed by atoms with Crippen LogP contribution in [0, 0.1) is 0 Å². The molecule has 0 amide bonds. The molecule has 4 nitrogen and oxygen atoms in total. The van der Waals surface area contributed by atoms with Gasteiger partial charge in [0.05, 0.1) is 0 Å². The minimum absolute atomic E-state index is 0.128. The van der Waals surface area contributed by atoms with E-state index in [0.29, 0.717) is 16.9 Å². The number of carbonyl (C=O) groups is 1. The molecular formula is C13H16O4. The molecule has 0 radical (unpaired) electrons. The molecule has 0 saturated heterocycles. The largest absolute Gasteiger partial charge is 0.508 e. The van der Waals surface area contributed by atoms with Gasteiger partial charge in [-0.15, -0.1) is 0 Å².